The van der Waals surface area contributed by atoms with Gasteiger partial charge in [0, 0.05) is 6.07 Å². The number of phenolic OH excluding ortho intramolecular Hbond substituents is 1. The molecule has 0 unspecified atom stereocenters. The molecule has 0 spiro atoms. The van der Waals surface area contributed by atoms with Crippen LogP contribution in [0, 0.1) is 15.9 Å². The maximum atomic E-state index is 12.4. The van der Waals surface area contributed by atoms with E-state index in [2.05, 4.69) is 0 Å². The molecule has 0 heterocycles. The molecule has 0 amide bonds. The van der Waals surface area contributed by atoms with E-state index < -0.39 is 33.9 Å². The molecule has 0 aliphatic rings. The first-order chi connectivity index (χ1) is 9.73. The van der Waals surface area contributed by atoms with Crippen molar-refractivity contribution in [2.24, 2.45) is 0 Å². The van der Waals surface area contributed by atoms with Gasteiger partial charge in [-0.15, -0.1) is 0 Å². The van der Waals surface area contributed by atoms with Crippen LogP contribution in [0.2, 0.25) is 0 Å². The van der Waals surface area contributed by atoms with Crippen molar-refractivity contribution in [2.75, 3.05) is 0 Å². The molecule has 8 heteroatoms. The van der Waals surface area contributed by atoms with E-state index in [0.29, 0.717) is 0 Å². The van der Waals surface area contributed by atoms with Gasteiger partial charge in [0.2, 0.25) is 5.82 Å². The molecule has 2 aromatic rings. The largest absolute Gasteiger partial charge is 0.507 e. The van der Waals surface area contributed by atoms with E-state index in [9.17, 15) is 27.7 Å². The maximum Gasteiger partial charge on any atom is 0.419 e. The monoisotopic (exact) mass is 303 g/mol. The van der Waals surface area contributed by atoms with E-state index in [1.807, 2.05) is 0 Å². The second kappa shape index (κ2) is 6.69. The average Bonchev–Trinajstić information content (AvgIpc) is 2.39. The van der Waals surface area contributed by atoms with E-state index in [-0.39, 0.29) is 0 Å². The van der Waals surface area contributed by atoms with E-state index in [4.69, 9.17) is 5.11 Å². The number of alkyl halides is 3. The maximum absolute atomic E-state index is 12.4. The van der Waals surface area contributed by atoms with Crippen molar-refractivity contribution in [1.82, 2.24) is 0 Å². The lowest BCUT2D eigenvalue weighted by Gasteiger charge is -2.06. The minimum absolute atomic E-state index is 0.484. The third-order valence-corrected chi connectivity index (χ3v) is 2.26. The van der Waals surface area contributed by atoms with E-state index in [0.717, 1.165) is 24.3 Å². The van der Waals surface area contributed by atoms with Gasteiger partial charge in [0.25, 0.3) is 0 Å². The summed E-state index contributed by atoms with van der Waals surface area (Å²) in [7, 11) is 0. The first-order valence-electron chi connectivity index (χ1n) is 5.47. The third-order valence-electron chi connectivity index (χ3n) is 2.26. The molecule has 0 aliphatic heterocycles. The van der Waals surface area contributed by atoms with Crippen LogP contribution in [-0.2, 0) is 6.18 Å². The third kappa shape index (κ3) is 4.75. The standard InChI is InChI=1S/C7H5F3O.C6H4FNO2/c8-7(9,10)5-3-1-2-4-6(5)11;7-5-3-1-2-4-6(5)8(9)10/h1-4,11H;1-4H. The first kappa shape index (κ1) is 16.4. The number of nitro groups is 1. The van der Waals surface area contributed by atoms with Crippen molar-refractivity contribution in [3.05, 3.63) is 70.0 Å². The highest BCUT2D eigenvalue weighted by Gasteiger charge is 2.33. The molecule has 2 rings (SSSR count). The molecule has 0 aromatic heterocycles. The van der Waals surface area contributed by atoms with Gasteiger partial charge in [0.1, 0.15) is 5.75 Å². The van der Waals surface area contributed by atoms with E-state index in [1.165, 1.54) is 24.3 Å². The topological polar surface area (TPSA) is 63.4 Å². The number of rotatable bonds is 1. The Bertz CT molecular complexity index is 629. The van der Waals surface area contributed by atoms with Crippen molar-refractivity contribution in [2.45, 2.75) is 6.18 Å². The number of para-hydroxylation sites is 2. The van der Waals surface area contributed by atoms with Gasteiger partial charge in [-0.3, -0.25) is 10.1 Å². The quantitative estimate of drug-likeness (QED) is 0.489. The summed E-state index contributed by atoms with van der Waals surface area (Å²) in [6.45, 7) is 0. The highest BCUT2D eigenvalue weighted by atomic mass is 19.4. The number of nitrogens with zero attached hydrogens (tertiary/aromatic N) is 1. The fourth-order valence-electron chi connectivity index (χ4n) is 1.31. The zero-order chi connectivity index (χ0) is 16.0. The molecule has 0 aliphatic carbocycles. The summed E-state index contributed by atoms with van der Waals surface area (Å²) in [6.07, 6.45) is -4.47. The summed E-state index contributed by atoms with van der Waals surface area (Å²) in [5, 5.41) is 18.7. The molecule has 0 saturated carbocycles. The highest BCUT2D eigenvalue weighted by Crippen LogP contribution is 2.34. The highest BCUT2D eigenvalue weighted by molar-refractivity contribution is 5.33. The van der Waals surface area contributed by atoms with Crippen molar-refractivity contribution in [3.8, 4) is 5.75 Å². The van der Waals surface area contributed by atoms with Crippen LogP contribution in [0.1, 0.15) is 5.56 Å². The van der Waals surface area contributed by atoms with Crippen LogP contribution in [0.25, 0.3) is 0 Å². The molecule has 0 fully saturated rings. The van der Waals surface area contributed by atoms with Crippen LogP contribution in [0.5, 0.6) is 5.75 Å². The zero-order valence-electron chi connectivity index (χ0n) is 10.3. The molecule has 0 saturated heterocycles. The Morgan fingerprint density at radius 2 is 1.52 bits per heavy atom. The minimum atomic E-state index is -4.47. The Balaban J connectivity index is 0.000000211. The molecule has 1 N–H and O–H groups in total. The van der Waals surface area contributed by atoms with Gasteiger partial charge in [-0.05, 0) is 18.2 Å². The summed E-state index contributed by atoms with van der Waals surface area (Å²) in [5.41, 5.74) is -1.48. The molecular weight excluding hydrogens is 294 g/mol. The van der Waals surface area contributed by atoms with Gasteiger partial charge < -0.3 is 5.11 Å². The molecule has 0 radical (unpaired) electrons. The lowest BCUT2D eigenvalue weighted by molar-refractivity contribution is -0.387. The van der Waals surface area contributed by atoms with Crippen LogP contribution in [0.4, 0.5) is 23.2 Å². The molecule has 21 heavy (non-hydrogen) atoms. The van der Waals surface area contributed by atoms with E-state index >= 15 is 0 Å². The van der Waals surface area contributed by atoms with Gasteiger partial charge in [0.15, 0.2) is 0 Å². The molecule has 0 bridgehead atoms. The fourth-order valence-corrected chi connectivity index (χ4v) is 1.31. The van der Waals surface area contributed by atoms with Crippen LogP contribution in [0.3, 0.4) is 0 Å². The summed E-state index contributed by atoms with van der Waals surface area (Å²) < 4.78 is 48.1. The Morgan fingerprint density at radius 1 is 1.00 bits per heavy atom. The Hall–Kier alpha value is -2.64. The van der Waals surface area contributed by atoms with E-state index in [1.54, 1.807) is 0 Å². The number of phenols is 1. The molecule has 2 aromatic carbocycles. The predicted molar refractivity (Wildman–Crippen MR) is 66.2 cm³/mol. The predicted octanol–water partition coefficient (Wildman–Crippen LogP) is 4.14. The molecule has 4 nitrogen and oxygen atoms in total. The number of hydrogen-bond acceptors (Lipinski definition) is 3. The SMILES string of the molecule is O=[N+]([O-])c1ccccc1F.Oc1ccccc1C(F)(F)F. The molecule has 112 valence electrons. The number of nitro benzene ring substituents is 1. The van der Waals surface area contributed by atoms with Crippen LogP contribution in [-0.4, -0.2) is 10.0 Å². The number of benzene rings is 2. The molecule has 0 atom stereocenters. The second-order valence-corrected chi connectivity index (χ2v) is 3.72. The van der Waals surface area contributed by atoms with Gasteiger partial charge in [0.05, 0.1) is 10.5 Å². The number of hydrogen-bond donors (Lipinski definition) is 1. The Morgan fingerprint density at radius 3 is 1.90 bits per heavy atom. The smallest absolute Gasteiger partial charge is 0.419 e. The zero-order valence-corrected chi connectivity index (χ0v) is 10.3. The Kier molecular flexibility index (Phi) is 5.23. The lowest BCUT2D eigenvalue weighted by Crippen LogP contribution is -2.04. The molecular formula is C13H9F4NO3. The van der Waals surface area contributed by atoms with Crippen molar-refractivity contribution in [3.63, 3.8) is 0 Å². The summed E-state index contributed by atoms with van der Waals surface area (Å²) >= 11 is 0. The summed E-state index contributed by atoms with van der Waals surface area (Å²) in [5.74, 6) is -1.53. The van der Waals surface area contributed by atoms with Gasteiger partial charge in [-0.1, -0.05) is 24.3 Å². The van der Waals surface area contributed by atoms with Gasteiger partial charge in [-0.25, -0.2) is 0 Å². The van der Waals surface area contributed by atoms with Crippen LogP contribution < -0.4 is 0 Å². The Labute approximate surface area is 116 Å². The van der Waals surface area contributed by atoms with Gasteiger partial charge >= 0.3 is 11.9 Å². The summed E-state index contributed by atoms with van der Waals surface area (Å²) in [6, 6.07) is 9.39. The van der Waals surface area contributed by atoms with Crippen molar-refractivity contribution >= 4 is 5.69 Å². The normalized spacial score (nSPS) is 10.5. The van der Waals surface area contributed by atoms with Crippen molar-refractivity contribution in [1.29, 1.82) is 0 Å². The fraction of sp³-hybridized carbons (Fsp3) is 0.0769. The number of halogens is 4. The van der Waals surface area contributed by atoms with Crippen molar-refractivity contribution < 1.29 is 27.6 Å². The first-order valence-corrected chi connectivity index (χ1v) is 5.47. The summed E-state index contributed by atoms with van der Waals surface area (Å²) in [4.78, 5) is 9.23. The van der Waals surface area contributed by atoms with Gasteiger partial charge in [-0.2, -0.15) is 17.6 Å². The minimum Gasteiger partial charge on any atom is -0.507 e. The average molecular weight is 303 g/mol. The lowest BCUT2D eigenvalue weighted by atomic mass is 10.2. The van der Waals surface area contributed by atoms with Crippen LogP contribution in [0.15, 0.2) is 48.5 Å². The number of aromatic hydroxyl groups is 1. The second-order valence-electron chi connectivity index (χ2n) is 3.72. The van der Waals surface area contributed by atoms with Crippen LogP contribution >= 0.6 is 0 Å².